The number of hydrogen-bond acceptors (Lipinski definition) is 5. The quantitative estimate of drug-likeness (QED) is 0.479. The van der Waals surface area contributed by atoms with Gasteiger partial charge in [0.1, 0.15) is 5.75 Å². The molecule has 0 amide bonds. The summed E-state index contributed by atoms with van der Waals surface area (Å²) in [7, 11) is 4.96. The standard InChI is InChI=1S/C26H36N2O3/c1-19(2)26(18-27,22-10-7-8-11-23(22)29-4)14-9-15-28-20(3)16-21-12-13-24(30-5)25(17-21)31-6/h7-8,10-13,17,19-20,28H,9,14-16H2,1-6H3. The van der Waals surface area contributed by atoms with E-state index in [1.54, 1.807) is 21.3 Å². The van der Waals surface area contributed by atoms with Crippen molar-refractivity contribution in [2.75, 3.05) is 27.9 Å². The maximum absolute atomic E-state index is 10.2. The van der Waals surface area contributed by atoms with E-state index in [1.807, 2.05) is 36.4 Å². The molecule has 5 heteroatoms. The summed E-state index contributed by atoms with van der Waals surface area (Å²) in [6, 6.07) is 16.9. The van der Waals surface area contributed by atoms with Crippen LogP contribution in [0.5, 0.6) is 17.2 Å². The highest BCUT2D eigenvalue weighted by Crippen LogP contribution is 2.41. The van der Waals surface area contributed by atoms with Crippen LogP contribution in [0.4, 0.5) is 0 Å². The number of nitrogens with one attached hydrogen (secondary N) is 1. The van der Waals surface area contributed by atoms with Crippen molar-refractivity contribution >= 4 is 0 Å². The molecule has 0 aliphatic heterocycles. The van der Waals surface area contributed by atoms with E-state index in [-0.39, 0.29) is 5.92 Å². The molecule has 0 saturated carbocycles. The zero-order valence-electron chi connectivity index (χ0n) is 19.7. The highest BCUT2D eigenvalue weighted by molar-refractivity contribution is 5.44. The number of hydrogen-bond donors (Lipinski definition) is 1. The van der Waals surface area contributed by atoms with Gasteiger partial charge in [-0.2, -0.15) is 5.26 Å². The molecule has 0 spiro atoms. The maximum atomic E-state index is 10.2. The largest absolute Gasteiger partial charge is 0.496 e. The van der Waals surface area contributed by atoms with Crippen LogP contribution < -0.4 is 19.5 Å². The van der Waals surface area contributed by atoms with Gasteiger partial charge in [0.2, 0.25) is 0 Å². The molecule has 2 unspecified atom stereocenters. The fraction of sp³-hybridized carbons (Fsp3) is 0.500. The number of nitriles is 1. The molecule has 31 heavy (non-hydrogen) atoms. The van der Waals surface area contributed by atoms with Gasteiger partial charge in [-0.25, -0.2) is 0 Å². The van der Waals surface area contributed by atoms with Crippen LogP contribution in [0, 0.1) is 17.2 Å². The van der Waals surface area contributed by atoms with Crippen LogP contribution >= 0.6 is 0 Å². The lowest BCUT2D eigenvalue weighted by atomic mass is 9.69. The van der Waals surface area contributed by atoms with Crippen molar-refractivity contribution in [3.05, 3.63) is 53.6 Å². The van der Waals surface area contributed by atoms with Crippen molar-refractivity contribution in [1.82, 2.24) is 5.32 Å². The zero-order valence-corrected chi connectivity index (χ0v) is 19.7. The molecule has 5 nitrogen and oxygen atoms in total. The van der Waals surface area contributed by atoms with Crippen LogP contribution in [0.15, 0.2) is 42.5 Å². The summed E-state index contributed by atoms with van der Waals surface area (Å²) in [6.45, 7) is 7.25. The van der Waals surface area contributed by atoms with E-state index in [9.17, 15) is 5.26 Å². The lowest BCUT2D eigenvalue weighted by Gasteiger charge is -2.32. The van der Waals surface area contributed by atoms with Gasteiger partial charge in [-0.15, -0.1) is 0 Å². The Balaban J connectivity index is 1.98. The molecule has 0 saturated heterocycles. The number of benzene rings is 2. The average Bonchev–Trinajstić information content (AvgIpc) is 2.79. The van der Waals surface area contributed by atoms with Crippen molar-refractivity contribution in [2.45, 2.75) is 51.5 Å². The molecule has 0 aliphatic rings. The molecule has 0 aliphatic carbocycles. The molecular formula is C26H36N2O3. The molecule has 0 heterocycles. The van der Waals surface area contributed by atoms with Gasteiger partial charge in [0.15, 0.2) is 11.5 Å². The number of rotatable bonds is 12. The fourth-order valence-electron chi connectivity index (χ4n) is 4.14. The molecule has 0 aromatic heterocycles. The minimum absolute atomic E-state index is 0.179. The number of ether oxygens (including phenoxy) is 3. The third-order valence-corrected chi connectivity index (χ3v) is 6.00. The molecule has 2 aromatic rings. The zero-order chi connectivity index (χ0) is 22.9. The highest BCUT2D eigenvalue weighted by atomic mass is 16.5. The van der Waals surface area contributed by atoms with Crippen LogP contribution in [-0.2, 0) is 11.8 Å². The monoisotopic (exact) mass is 424 g/mol. The molecule has 0 radical (unpaired) electrons. The topological polar surface area (TPSA) is 63.5 Å². The summed E-state index contributed by atoms with van der Waals surface area (Å²) < 4.78 is 16.3. The van der Waals surface area contributed by atoms with Gasteiger partial charge in [0, 0.05) is 11.6 Å². The van der Waals surface area contributed by atoms with Crippen molar-refractivity contribution in [2.24, 2.45) is 5.92 Å². The van der Waals surface area contributed by atoms with Gasteiger partial charge in [0.05, 0.1) is 32.8 Å². The minimum atomic E-state index is -0.569. The fourth-order valence-corrected chi connectivity index (χ4v) is 4.14. The van der Waals surface area contributed by atoms with Crippen LogP contribution in [0.25, 0.3) is 0 Å². The smallest absolute Gasteiger partial charge is 0.160 e. The first kappa shape index (κ1) is 24.6. The van der Waals surface area contributed by atoms with Crippen LogP contribution in [-0.4, -0.2) is 33.9 Å². The van der Waals surface area contributed by atoms with Crippen molar-refractivity contribution < 1.29 is 14.2 Å². The van der Waals surface area contributed by atoms with E-state index in [0.717, 1.165) is 48.6 Å². The summed E-state index contributed by atoms with van der Waals surface area (Å²) in [6.07, 6.45) is 2.57. The Hall–Kier alpha value is -2.71. The minimum Gasteiger partial charge on any atom is -0.496 e. The van der Waals surface area contributed by atoms with Gasteiger partial charge in [-0.1, -0.05) is 38.1 Å². The summed E-state index contributed by atoms with van der Waals surface area (Å²) in [5, 5.41) is 13.8. The van der Waals surface area contributed by atoms with Crippen molar-refractivity contribution in [3.8, 4) is 23.3 Å². The normalized spacial score (nSPS) is 13.9. The Morgan fingerprint density at radius 2 is 1.61 bits per heavy atom. The van der Waals surface area contributed by atoms with Crippen LogP contribution in [0.3, 0.4) is 0 Å². The second-order valence-electron chi connectivity index (χ2n) is 8.29. The predicted octanol–water partition coefficient (Wildman–Crippen LogP) is 5.13. The Labute approximate surface area is 187 Å². The molecular weight excluding hydrogens is 388 g/mol. The Morgan fingerprint density at radius 1 is 0.935 bits per heavy atom. The Morgan fingerprint density at radius 3 is 2.23 bits per heavy atom. The first-order valence-corrected chi connectivity index (χ1v) is 10.9. The molecule has 2 rings (SSSR count). The molecule has 2 atom stereocenters. The third-order valence-electron chi connectivity index (χ3n) is 6.00. The molecule has 2 aromatic carbocycles. The van der Waals surface area contributed by atoms with E-state index < -0.39 is 5.41 Å². The van der Waals surface area contributed by atoms with Crippen LogP contribution in [0.1, 0.15) is 44.7 Å². The van der Waals surface area contributed by atoms with E-state index >= 15 is 0 Å². The molecule has 168 valence electrons. The number of para-hydroxylation sites is 1. The van der Waals surface area contributed by atoms with E-state index in [4.69, 9.17) is 14.2 Å². The Kier molecular flexibility index (Phi) is 9.21. The first-order chi connectivity index (χ1) is 14.9. The third kappa shape index (κ3) is 5.92. The second-order valence-corrected chi connectivity index (χ2v) is 8.29. The number of nitrogens with zero attached hydrogens (tertiary/aromatic N) is 1. The lowest BCUT2D eigenvalue weighted by molar-refractivity contribution is 0.331. The predicted molar refractivity (Wildman–Crippen MR) is 125 cm³/mol. The first-order valence-electron chi connectivity index (χ1n) is 10.9. The van der Waals surface area contributed by atoms with E-state index in [0.29, 0.717) is 6.04 Å². The summed E-state index contributed by atoms with van der Waals surface area (Å²) in [4.78, 5) is 0. The SMILES string of the molecule is COc1ccc(CC(C)NCCCC(C#N)(c2ccccc2OC)C(C)C)cc1OC. The van der Waals surface area contributed by atoms with Gasteiger partial charge in [0.25, 0.3) is 0 Å². The molecule has 1 N–H and O–H groups in total. The maximum Gasteiger partial charge on any atom is 0.160 e. The summed E-state index contributed by atoms with van der Waals surface area (Å²) in [5.74, 6) is 2.45. The van der Waals surface area contributed by atoms with Gasteiger partial charge in [-0.3, -0.25) is 0 Å². The van der Waals surface area contributed by atoms with Gasteiger partial charge < -0.3 is 19.5 Å². The van der Waals surface area contributed by atoms with E-state index in [1.165, 1.54) is 5.56 Å². The van der Waals surface area contributed by atoms with E-state index in [2.05, 4.69) is 38.2 Å². The highest BCUT2D eigenvalue weighted by Gasteiger charge is 2.37. The van der Waals surface area contributed by atoms with Gasteiger partial charge >= 0.3 is 0 Å². The average molecular weight is 425 g/mol. The summed E-state index contributed by atoms with van der Waals surface area (Å²) in [5.41, 5.74) is 1.61. The molecule has 0 fully saturated rings. The lowest BCUT2D eigenvalue weighted by Crippen LogP contribution is -2.34. The number of methoxy groups -OCH3 is 3. The summed E-state index contributed by atoms with van der Waals surface area (Å²) >= 11 is 0. The van der Waals surface area contributed by atoms with Gasteiger partial charge in [-0.05, 0) is 62.4 Å². The van der Waals surface area contributed by atoms with Crippen molar-refractivity contribution in [3.63, 3.8) is 0 Å². The van der Waals surface area contributed by atoms with Crippen molar-refractivity contribution in [1.29, 1.82) is 5.26 Å². The second kappa shape index (κ2) is 11.6. The molecule has 0 bridgehead atoms. The Bertz CT molecular complexity index is 875. The van der Waals surface area contributed by atoms with Crippen LogP contribution in [0.2, 0.25) is 0 Å².